The zero-order valence-electron chi connectivity index (χ0n) is 17.1. The summed E-state index contributed by atoms with van der Waals surface area (Å²) in [6.07, 6.45) is 8.58. The Hall–Kier alpha value is -1.13. The highest BCUT2D eigenvalue weighted by Gasteiger charge is 2.18. The molecule has 2 aliphatic rings. The van der Waals surface area contributed by atoms with Crippen LogP contribution in [0.3, 0.4) is 0 Å². The van der Waals surface area contributed by atoms with Gasteiger partial charge in [-0.1, -0.05) is 0 Å². The molecule has 2 aromatic heterocycles. The first-order chi connectivity index (χ1) is 13.8. The molecule has 1 N–H and O–H groups in total. The third-order valence-corrected chi connectivity index (χ3v) is 6.52. The number of aliphatic imine (C=N–C) groups is 1. The van der Waals surface area contributed by atoms with E-state index in [1.54, 1.807) is 6.26 Å². The molecule has 1 aliphatic carbocycles. The molecule has 1 atom stereocenters. The van der Waals surface area contributed by atoms with Gasteiger partial charge in [-0.3, -0.25) is 4.99 Å². The van der Waals surface area contributed by atoms with Crippen molar-refractivity contribution in [3.8, 4) is 0 Å². The Kier molecular flexibility index (Phi) is 8.80. The van der Waals surface area contributed by atoms with E-state index in [4.69, 9.17) is 19.1 Å². The zero-order valence-corrected chi connectivity index (χ0v) is 20.2. The molecule has 8 heteroatoms. The van der Waals surface area contributed by atoms with Crippen LogP contribution in [-0.2, 0) is 30.5 Å². The number of thiazole rings is 1. The summed E-state index contributed by atoms with van der Waals surface area (Å²) in [7, 11) is 2.10. The Morgan fingerprint density at radius 1 is 1.38 bits per heavy atom. The smallest absolute Gasteiger partial charge is 0.194 e. The number of aryl methyl sites for hydroxylation is 2. The van der Waals surface area contributed by atoms with Gasteiger partial charge < -0.3 is 19.4 Å². The minimum Gasteiger partial charge on any atom is -0.469 e. The number of rotatable bonds is 7. The number of hydrogen-bond donors (Lipinski definition) is 1. The molecule has 1 aliphatic heterocycles. The monoisotopic (exact) mass is 530 g/mol. The van der Waals surface area contributed by atoms with Gasteiger partial charge >= 0.3 is 0 Å². The van der Waals surface area contributed by atoms with Crippen molar-refractivity contribution in [3.63, 3.8) is 0 Å². The van der Waals surface area contributed by atoms with Crippen LogP contribution in [-0.4, -0.2) is 49.2 Å². The summed E-state index contributed by atoms with van der Waals surface area (Å²) in [4.78, 5) is 13.5. The van der Waals surface area contributed by atoms with E-state index in [0.717, 1.165) is 63.8 Å². The fraction of sp³-hybridized carbons (Fsp3) is 0.619. The van der Waals surface area contributed by atoms with Crippen molar-refractivity contribution in [2.45, 2.75) is 45.1 Å². The van der Waals surface area contributed by atoms with Crippen LogP contribution in [0.2, 0.25) is 0 Å². The number of halogens is 1. The maximum atomic E-state index is 5.50. The molecule has 1 fully saturated rings. The fourth-order valence-corrected chi connectivity index (χ4v) is 4.97. The SMILES string of the molecule is CN(Cc1nc2c(s1)CCCC2)C(=NCC1CCOC1)NCCc1ccco1.I. The molecule has 2 aromatic rings. The third kappa shape index (κ3) is 6.42. The maximum Gasteiger partial charge on any atom is 0.194 e. The van der Waals surface area contributed by atoms with Gasteiger partial charge in [-0.2, -0.15) is 0 Å². The molecular weight excluding hydrogens is 499 g/mol. The highest BCUT2D eigenvalue weighted by molar-refractivity contribution is 14.0. The van der Waals surface area contributed by atoms with Crippen molar-refractivity contribution in [2.24, 2.45) is 10.9 Å². The molecular formula is C21H31IN4O2S. The number of nitrogens with zero attached hydrogens (tertiary/aromatic N) is 3. The number of ether oxygens (including phenoxy) is 1. The van der Waals surface area contributed by atoms with Gasteiger partial charge in [0.15, 0.2) is 5.96 Å². The normalized spacial score (nSPS) is 18.9. The predicted octanol–water partition coefficient (Wildman–Crippen LogP) is 3.89. The van der Waals surface area contributed by atoms with E-state index in [1.165, 1.54) is 34.8 Å². The van der Waals surface area contributed by atoms with Crippen LogP contribution < -0.4 is 5.32 Å². The molecule has 4 rings (SSSR count). The molecule has 0 saturated carbocycles. The molecule has 0 aromatic carbocycles. The quantitative estimate of drug-likeness (QED) is 0.335. The lowest BCUT2D eigenvalue weighted by atomic mass is 10.0. The van der Waals surface area contributed by atoms with E-state index in [-0.39, 0.29) is 24.0 Å². The first kappa shape index (κ1) is 22.6. The fourth-order valence-electron chi connectivity index (χ4n) is 3.76. The van der Waals surface area contributed by atoms with Gasteiger partial charge in [0.1, 0.15) is 10.8 Å². The van der Waals surface area contributed by atoms with Gasteiger partial charge in [0.05, 0.1) is 25.1 Å². The van der Waals surface area contributed by atoms with Crippen LogP contribution in [0.25, 0.3) is 0 Å². The molecule has 0 radical (unpaired) electrons. The lowest BCUT2D eigenvalue weighted by Crippen LogP contribution is -2.40. The third-order valence-electron chi connectivity index (χ3n) is 5.38. The topological polar surface area (TPSA) is 62.9 Å². The van der Waals surface area contributed by atoms with Gasteiger partial charge in [-0.25, -0.2) is 4.98 Å². The minimum absolute atomic E-state index is 0. The number of guanidine groups is 1. The van der Waals surface area contributed by atoms with Gasteiger partial charge in [0.25, 0.3) is 0 Å². The number of hydrogen-bond acceptors (Lipinski definition) is 5. The largest absolute Gasteiger partial charge is 0.469 e. The van der Waals surface area contributed by atoms with Gasteiger partial charge in [0, 0.05) is 44.0 Å². The molecule has 160 valence electrons. The van der Waals surface area contributed by atoms with E-state index >= 15 is 0 Å². The summed E-state index contributed by atoms with van der Waals surface area (Å²) in [6.45, 7) is 4.09. The molecule has 1 unspecified atom stereocenters. The van der Waals surface area contributed by atoms with Gasteiger partial charge in [0.2, 0.25) is 0 Å². The second-order valence-electron chi connectivity index (χ2n) is 7.69. The van der Waals surface area contributed by atoms with Crippen LogP contribution >= 0.6 is 35.3 Å². The molecule has 3 heterocycles. The highest BCUT2D eigenvalue weighted by Crippen LogP contribution is 2.27. The Bertz CT molecular complexity index is 748. The van der Waals surface area contributed by atoms with Gasteiger partial charge in [-0.05, 0) is 44.2 Å². The Morgan fingerprint density at radius 3 is 3.03 bits per heavy atom. The molecule has 29 heavy (non-hydrogen) atoms. The van der Waals surface area contributed by atoms with E-state index < -0.39 is 0 Å². The summed E-state index contributed by atoms with van der Waals surface area (Å²) < 4.78 is 10.9. The van der Waals surface area contributed by atoms with E-state index in [9.17, 15) is 0 Å². The second-order valence-corrected chi connectivity index (χ2v) is 8.86. The first-order valence-corrected chi connectivity index (χ1v) is 11.2. The summed E-state index contributed by atoms with van der Waals surface area (Å²) in [5, 5.41) is 4.71. The first-order valence-electron chi connectivity index (χ1n) is 10.3. The molecule has 1 saturated heterocycles. The molecule has 6 nitrogen and oxygen atoms in total. The van der Waals surface area contributed by atoms with Crippen LogP contribution in [0.4, 0.5) is 0 Å². The van der Waals surface area contributed by atoms with E-state index in [0.29, 0.717) is 5.92 Å². The average Bonchev–Trinajstić information content (AvgIpc) is 3.45. The number of aromatic nitrogens is 1. The van der Waals surface area contributed by atoms with Crippen LogP contribution in [0.1, 0.15) is 40.6 Å². The second kappa shape index (κ2) is 11.3. The predicted molar refractivity (Wildman–Crippen MR) is 127 cm³/mol. The van der Waals surface area contributed by atoms with E-state index in [2.05, 4.69) is 17.3 Å². The molecule has 0 amide bonds. The summed E-state index contributed by atoms with van der Waals surface area (Å²) in [6, 6.07) is 3.94. The minimum atomic E-state index is 0. The van der Waals surface area contributed by atoms with E-state index in [1.807, 2.05) is 23.5 Å². The standard InChI is InChI=1S/C21H30N4O2S.HI/c1-25(14-20-24-18-6-2-3-7-19(18)28-20)21(23-13-16-9-12-26-15-16)22-10-8-17-5-4-11-27-17;/h4-5,11,16H,2-3,6-10,12-15H2,1H3,(H,22,23);1H. The Balaban J connectivity index is 0.00000240. The number of nitrogens with one attached hydrogen (secondary N) is 1. The Labute approximate surface area is 194 Å². The zero-order chi connectivity index (χ0) is 19.2. The van der Waals surface area contributed by atoms with Crippen molar-refractivity contribution < 1.29 is 9.15 Å². The van der Waals surface area contributed by atoms with Crippen molar-refractivity contribution in [2.75, 3.05) is 33.4 Å². The number of fused-ring (bicyclic) bond motifs is 1. The highest BCUT2D eigenvalue weighted by atomic mass is 127. The van der Waals surface area contributed by atoms with Gasteiger partial charge in [-0.15, -0.1) is 35.3 Å². The van der Waals surface area contributed by atoms with Crippen molar-refractivity contribution in [1.29, 1.82) is 0 Å². The summed E-state index contributed by atoms with van der Waals surface area (Å²) in [5.74, 6) is 2.46. The summed E-state index contributed by atoms with van der Waals surface area (Å²) >= 11 is 1.88. The molecule has 0 spiro atoms. The lowest BCUT2D eigenvalue weighted by molar-refractivity contribution is 0.187. The van der Waals surface area contributed by atoms with Crippen molar-refractivity contribution in [1.82, 2.24) is 15.2 Å². The number of furan rings is 1. The van der Waals surface area contributed by atoms with Crippen molar-refractivity contribution >= 4 is 41.3 Å². The Morgan fingerprint density at radius 2 is 2.28 bits per heavy atom. The van der Waals surface area contributed by atoms with Crippen LogP contribution in [0, 0.1) is 5.92 Å². The summed E-state index contributed by atoms with van der Waals surface area (Å²) in [5.41, 5.74) is 1.33. The van der Waals surface area contributed by atoms with Crippen LogP contribution in [0.15, 0.2) is 27.8 Å². The van der Waals surface area contributed by atoms with Crippen LogP contribution in [0.5, 0.6) is 0 Å². The van der Waals surface area contributed by atoms with Crippen molar-refractivity contribution in [3.05, 3.63) is 39.7 Å². The lowest BCUT2D eigenvalue weighted by Gasteiger charge is -2.22. The molecule has 0 bridgehead atoms. The average molecular weight is 530 g/mol. The maximum absolute atomic E-state index is 5.50.